The van der Waals surface area contributed by atoms with Crippen LogP contribution in [0.3, 0.4) is 0 Å². The number of nitrogens with zero attached hydrogens (tertiary/aromatic N) is 2. The molecule has 0 bridgehead atoms. The van der Waals surface area contributed by atoms with Gasteiger partial charge in [-0.05, 0) is 30.5 Å². The van der Waals surface area contributed by atoms with Crippen LogP contribution in [0.1, 0.15) is 24.8 Å². The molecule has 2 fully saturated rings. The molecule has 2 aromatic carbocycles. The third-order valence-electron chi connectivity index (χ3n) is 6.04. The highest BCUT2D eigenvalue weighted by Crippen LogP contribution is 2.28. The normalized spacial score (nSPS) is 20.4. The number of ether oxygens (including phenoxy) is 1. The number of carbonyl (C=O) groups excluding carboxylic acids is 2. The number of rotatable bonds is 6. The Morgan fingerprint density at radius 2 is 1.87 bits per heavy atom. The summed E-state index contributed by atoms with van der Waals surface area (Å²) in [6.45, 7) is 3.32. The van der Waals surface area contributed by atoms with Crippen molar-refractivity contribution >= 4 is 17.5 Å². The van der Waals surface area contributed by atoms with Gasteiger partial charge in [-0.3, -0.25) is 14.5 Å². The van der Waals surface area contributed by atoms with Crippen molar-refractivity contribution in [2.75, 3.05) is 31.6 Å². The van der Waals surface area contributed by atoms with Gasteiger partial charge >= 0.3 is 0 Å². The lowest BCUT2D eigenvalue weighted by Gasteiger charge is -2.32. The zero-order valence-corrected chi connectivity index (χ0v) is 17.4. The molecule has 4 rings (SSSR count). The number of hydrogen-bond acceptors (Lipinski definition) is 4. The molecule has 1 atom stereocenters. The molecule has 2 aliphatic rings. The van der Waals surface area contributed by atoms with Crippen LogP contribution in [0.2, 0.25) is 0 Å². The Balaban J connectivity index is 1.27. The van der Waals surface area contributed by atoms with E-state index in [4.69, 9.17) is 4.74 Å². The number of methoxy groups -OCH3 is 1. The molecular formula is C24H29N3O3. The predicted octanol–water partition coefficient (Wildman–Crippen LogP) is 2.83. The number of piperidine rings is 1. The van der Waals surface area contributed by atoms with E-state index in [1.807, 2.05) is 30.3 Å². The van der Waals surface area contributed by atoms with Gasteiger partial charge < -0.3 is 15.0 Å². The Morgan fingerprint density at radius 3 is 2.60 bits per heavy atom. The van der Waals surface area contributed by atoms with Crippen LogP contribution in [0.4, 0.5) is 5.69 Å². The number of carbonyl (C=O) groups is 2. The van der Waals surface area contributed by atoms with Gasteiger partial charge in [0, 0.05) is 50.4 Å². The van der Waals surface area contributed by atoms with Crippen LogP contribution < -0.4 is 15.0 Å². The zero-order chi connectivity index (χ0) is 20.9. The highest BCUT2D eigenvalue weighted by Gasteiger charge is 2.36. The average molecular weight is 408 g/mol. The first-order valence-electron chi connectivity index (χ1n) is 10.6. The summed E-state index contributed by atoms with van der Waals surface area (Å²) >= 11 is 0. The molecular weight excluding hydrogens is 378 g/mol. The summed E-state index contributed by atoms with van der Waals surface area (Å²) in [4.78, 5) is 29.4. The third-order valence-corrected chi connectivity index (χ3v) is 6.04. The summed E-state index contributed by atoms with van der Waals surface area (Å²) in [6, 6.07) is 18.1. The third kappa shape index (κ3) is 4.82. The number of anilines is 1. The van der Waals surface area contributed by atoms with E-state index in [1.165, 1.54) is 5.56 Å². The van der Waals surface area contributed by atoms with Crippen molar-refractivity contribution in [2.45, 2.75) is 31.8 Å². The van der Waals surface area contributed by atoms with Crippen LogP contribution in [-0.2, 0) is 16.1 Å². The quantitative estimate of drug-likeness (QED) is 0.800. The average Bonchev–Trinajstić information content (AvgIpc) is 3.18. The molecule has 6 nitrogen and oxygen atoms in total. The topological polar surface area (TPSA) is 61.9 Å². The predicted molar refractivity (Wildman–Crippen MR) is 116 cm³/mol. The van der Waals surface area contributed by atoms with E-state index in [9.17, 15) is 9.59 Å². The van der Waals surface area contributed by atoms with E-state index in [0.717, 1.165) is 38.2 Å². The van der Waals surface area contributed by atoms with E-state index in [-0.39, 0.29) is 30.2 Å². The summed E-state index contributed by atoms with van der Waals surface area (Å²) in [5, 5.41) is 3.19. The maximum absolute atomic E-state index is 12.8. The minimum Gasteiger partial charge on any atom is -0.497 e. The molecule has 2 saturated heterocycles. The van der Waals surface area contributed by atoms with Crippen LogP contribution in [-0.4, -0.2) is 49.5 Å². The Bertz CT molecular complexity index is 878. The minimum absolute atomic E-state index is 0.00439. The molecule has 1 N–H and O–H groups in total. The van der Waals surface area contributed by atoms with Gasteiger partial charge in [0.1, 0.15) is 5.75 Å². The van der Waals surface area contributed by atoms with Crippen molar-refractivity contribution in [3.8, 4) is 5.75 Å². The molecule has 158 valence electrons. The van der Waals surface area contributed by atoms with E-state index in [2.05, 4.69) is 34.5 Å². The molecule has 0 aromatic heterocycles. The molecule has 30 heavy (non-hydrogen) atoms. The Morgan fingerprint density at radius 1 is 1.10 bits per heavy atom. The first-order chi connectivity index (χ1) is 14.6. The van der Waals surface area contributed by atoms with Crippen molar-refractivity contribution in [3.63, 3.8) is 0 Å². The molecule has 0 unspecified atom stereocenters. The number of benzene rings is 2. The maximum Gasteiger partial charge on any atom is 0.227 e. The monoisotopic (exact) mass is 407 g/mol. The van der Waals surface area contributed by atoms with E-state index >= 15 is 0 Å². The number of amides is 2. The van der Waals surface area contributed by atoms with E-state index < -0.39 is 0 Å². The summed E-state index contributed by atoms with van der Waals surface area (Å²) in [5.41, 5.74) is 2.10. The molecule has 0 saturated carbocycles. The standard InChI is InChI=1S/C24H29N3O3/c1-30-22-9-5-8-21(15-22)27-17-19(14-23(27)28)24(29)25-20-10-12-26(13-11-20)16-18-6-3-2-4-7-18/h2-9,15,19-20H,10-14,16-17H2,1H3,(H,25,29)/t19-/m0/s1. The highest BCUT2D eigenvalue weighted by molar-refractivity contribution is 6.00. The van der Waals surface area contributed by atoms with Crippen molar-refractivity contribution in [2.24, 2.45) is 5.92 Å². The first-order valence-corrected chi connectivity index (χ1v) is 10.6. The van der Waals surface area contributed by atoms with Gasteiger partial charge in [-0.2, -0.15) is 0 Å². The molecule has 0 aliphatic carbocycles. The lowest BCUT2D eigenvalue weighted by molar-refractivity contribution is -0.127. The van der Waals surface area contributed by atoms with Crippen molar-refractivity contribution in [1.82, 2.24) is 10.2 Å². The molecule has 2 amide bonds. The van der Waals surface area contributed by atoms with Gasteiger partial charge in [-0.15, -0.1) is 0 Å². The number of hydrogen-bond donors (Lipinski definition) is 1. The highest BCUT2D eigenvalue weighted by atomic mass is 16.5. The molecule has 2 aliphatic heterocycles. The lowest BCUT2D eigenvalue weighted by Crippen LogP contribution is -2.46. The van der Waals surface area contributed by atoms with Gasteiger partial charge in [-0.25, -0.2) is 0 Å². The SMILES string of the molecule is COc1cccc(N2C[C@@H](C(=O)NC3CCN(Cc4ccccc4)CC3)CC2=O)c1. The second-order valence-electron chi connectivity index (χ2n) is 8.15. The van der Waals surface area contributed by atoms with Crippen molar-refractivity contribution in [1.29, 1.82) is 0 Å². The molecule has 0 radical (unpaired) electrons. The largest absolute Gasteiger partial charge is 0.497 e. The van der Waals surface area contributed by atoms with Crippen LogP contribution in [0.25, 0.3) is 0 Å². The second-order valence-corrected chi connectivity index (χ2v) is 8.15. The first kappa shape index (κ1) is 20.4. The van der Waals surface area contributed by atoms with Crippen LogP contribution in [0.15, 0.2) is 54.6 Å². The lowest BCUT2D eigenvalue weighted by atomic mass is 10.0. The van der Waals surface area contributed by atoms with E-state index in [0.29, 0.717) is 12.3 Å². The van der Waals surface area contributed by atoms with Gasteiger partial charge in [0.2, 0.25) is 11.8 Å². The van der Waals surface area contributed by atoms with Crippen LogP contribution >= 0.6 is 0 Å². The van der Waals surface area contributed by atoms with Gasteiger partial charge in [0.25, 0.3) is 0 Å². The van der Waals surface area contributed by atoms with E-state index in [1.54, 1.807) is 12.0 Å². The summed E-state index contributed by atoms with van der Waals surface area (Å²) in [6.07, 6.45) is 2.15. The van der Waals surface area contributed by atoms with Crippen LogP contribution in [0.5, 0.6) is 5.75 Å². The smallest absolute Gasteiger partial charge is 0.227 e. The van der Waals surface area contributed by atoms with Crippen LogP contribution in [0, 0.1) is 5.92 Å². The Labute approximate surface area is 177 Å². The molecule has 0 spiro atoms. The fourth-order valence-corrected chi connectivity index (χ4v) is 4.31. The van der Waals surface area contributed by atoms with Gasteiger partial charge in [0.05, 0.1) is 13.0 Å². The number of likely N-dealkylation sites (tertiary alicyclic amines) is 1. The Hall–Kier alpha value is -2.86. The fourth-order valence-electron chi connectivity index (χ4n) is 4.31. The Kier molecular flexibility index (Phi) is 6.33. The molecule has 6 heteroatoms. The van der Waals surface area contributed by atoms with Gasteiger partial charge in [-0.1, -0.05) is 36.4 Å². The summed E-state index contributed by atoms with van der Waals surface area (Å²) < 4.78 is 5.25. The summed E-state index contributed by atoms with van der Waals surface area (Å²) in [7, 11) is 1.60. The molecule has 2 heterocycles. The van der Waals surface area contributed by atoms with Crippen molar-refractivity contribution < 1.29 is 14.3 Å². The summed E-state index contributed by atoms with van der Waals surface area (Å²) in [5.74, 6) is 0.387. The minimum atomic E-state index is -0.300. The maximum atomic E-state index is 12.8. The van der Waals surface area contributed by atoms with Crippen molar-refractivity contribution in [3.05, 3.63) is 60.2 Å². The molecule has 2 aromatic rings. The zero-order valence-electron chi connectivity index (χ0n) is 17.4. The van der Waals surface area contributed by atoms with Gasteiger partial charge in [0.15, 0.2) is 0 Å². The fraction of sp³-hybridized carbons (Fsp3) is 0.417. The number of nitrogens with one attached hydrogen (secondary N) is 1. The second kappa shape index (κ2) is 9.30.